The highest BCUT2D eigenvalue weighted by molar-refractivity contribution is 5.46. The maximum Gasteiger partial charge on any atom is 0.218 e. The zero-order valence-electron chi connectivity index (χ0n) is 12.1. The van der Waals surface area contributed by atoms with Gasteiger partial charge in [-0.2, -0.15) is 0 Å². The van der Waals surface area contributed by atoms with Gasteiger partial charge in [-0.1, -0.05) is 31.2 Å². The van der Waals surface area contributed by atoms with Crippen LogP contribution in [-0.4, -0.2) is 22.6 Å². The lowest BCUT2D eigenvalue weighted by Gasteiger charge is -2.19. The molecule has 1 aliphatic rings. The summed E-state index contributed by atoms with van der Waals surface area (Å²) in [5.41, 5.74) is 8.81. The van der Waals surface area contributed by atoms with Crippen molar-refractivity contribution < 1.29 is 4.74 Å². The number of nitrogens with two attached hydrogens (primary N) is 1. The molecule has 0 amide bonds. The Morgan fingerprint density at radius 3 is 3.05 bits per heavy atom. The predicted molar refractivity (Wildman–Crippen MR) is 82.3 cm³/mol. The fourth-order valence-electron chi connectivity index (χ4n) is 2.67. The maximum atomic E-state index is 6.26. The van der Waals surface area contributed by atoms with Gasteiger partial charge >= 0.3 is 0 Å². The fraction of sp³-hybridized carbons (Fsp3) is 0.375. The lowest BCUT2D eigenvalue weighted by Crippen LogP contribution is -2.30. The van der Waals surface area contributed by atoms with E-state index >= 15 is 0 Å². The van der Waals surface area contributed by atoms with Crippen LogP contribution < -0.4 is 15.8 Å². The lowest BCUT2D eigenvalue weighted by molar-refractivity contribution is 0.305. The van der Waals surface area contributed by atoms with Crippen molar-refractivity contribution in [3.05, 3.63) is 47.8 Å². The monoisotopic (exact) mass is 284 g/mol. The van der Waals surface area contributed by atoms with Crippen molar-refractivity contribution >= 4 is 5.82 Å². The first-order valence-corrected chi connectivity index (χ1v) is 7.32. The minimum Gasteiger partial charge on any atom is -0.478 e. The standard InChI is InChI=1S/C16H20N4O/c1-2-7-21-15-9-14(18-10-19-15)20-16-12-6-4-3-5-11(12)8-13(16)17/h3-6,9-10,13,16H,2,7-8,17H2,1H3,(H,18,19,20). The Kier molecular flexibility index (Phi) is 4.01. The summed E-state index contributed by atoms with van der Waals surface area (Å²) in [7, 11) is 0. The molecule has 0 radical (unpaired) electrons. The second kappa shape index (κ2) is 6.10. The largest absolute Gasteiger partial charge is 0.478 e. The first kappa shape index (κ1) is 13.8. The van der Waals surface area contributed by atoms with Gasteiger partial charge in [0.15, 0.2) is 0 Å². The molecule has 1 aromatic heterocycles. The van der Waals surface area contributed by atoms with Gasteiger partial charge in [0.25, 0.3) is 0 Å². The van der Waals surface area contributed by atoms with E-state index in [4.69, 9.17) is 10.5 Å². The summed E-state index contributed by atoms with van der Waals surface area (Å²) in [5, 5.41) is 3.41. The molecule has 1 aliphatic carbocycles. The number of hydrogen-bond acceptors (Lipinski definition) is 5. The second-order valence-electron chi connectivity index (χ2n) is 5.28. The Morgan fingerprint density at radius 2 is 2.19 bits per heavy atom. The molecular formula is C16H20N4O. The Hall–Kier alpha value is -2.14. The van der Waals surface area contributed by atoms with Crippen LogP contribution in [0.25, 0.3) is 0 Å². The average Bonchev–Trinajstić information content (AvgIpc) is 2.82. The molecule has 0 bridgehead atoms. The first-order valence-electron chi connectivity index (χ1n) is 7.32. The van der Waals surface area contributed by atoms with Crippen molar-refractivity contribution in [2.45, 2.75) is 31.8 Å². The Bertz CT molecular complexity index is 617. The van der Waals surface area contributed by atoms with Gasteiger partial charge in [-0.05, 0) is 24.0 Å². The molecule has 1 aromatic carbocycles. The van der Waals surface area contributed by atoms with Gasteiger partial charge in [0.1, 0.15) is 12.1 Å². The van der Waals surface area contributed by atoms with Gasteiger partial charge in [0.2, 0.25) is 5.88 Å². The highest BCUT2D eigenvalue weighted by atomic mass is 16.5. The number of fused-ring (bicyclic) bond motifs is 1. The minimum absolute atomic E-state index is 0.0531. The summed E-state index contributed by atoms with van der Waals surface area (Å²) in [6, 6.07) is 10.3. The van der Waals surface area contributed by atoms with E-state index in [1.807, 2.05) is 12.1 Å². The zero-order chi connectivity index (χ0) is 14.7. The molecule has 1 heterocycles. The van der Waals surface area contributed by atoms with Crippen molar-refractivity contribution in [2.24, 2.45) is 5.73 Å². The van der Waals surface area contributed by atoms with Crippen LogP contribution in [0.4, 0.5) is 5.82 Å². The van der Waals surface area contributed by atoms with E-state index in [0.717, 1.165) is 18.7 Å². The number of ether oxygens (including phenoxy) is 1. The number of benzene rings is 1. The molecule has 3 N–H and O–H groups in total. The van der Waals surface area contributed by atoms with E-state index in [2.05, 4.69) is 40.4 Å². The van der Waals surface area contributed by atoms with Crippen molar-refractivity contribution in [3.63, 3.8) is 0 Å². The number of hydrogen-bond donors (Lipinski definition) is 2. The van der Waals surface area contributed by atoms with Crippen LogP contribution in [0.3, 0.4) is 0 Å². The zero-order valence-corrected chi connectivity index (χ0v) is 12.1. The van der Waals surface area contributed by atoms with Crippen molar-refractivity contribution in [1.82, 2.24) is 9.97 Å². The van der Waals surface area contributed by atoms with Crippen LogP contribution in [0.2, 0.25) is 0 Å². The molecule has 110 valence electrons. The summed E-state index contributed by atoms with van der Waals surface area (Å²) in [6.45, 7) is 2.72. The highest BCUT2D eigenvalue weighted by Gasteiger charge is 2.29. The number of nitrogens with one attached hydrogen (secondary N) is 1. The SMILES string of the molecule is CCCOc1cc(NC2c3ccccc3CC2N)ncn1. The van der Waals surface area contributed by atoms with Crippen LogP contribution in [0.15, 0.2) is 36.7 Å². The Labute approximate surface area is 124 Å². The fourth-order valence-corrected chi connectivity index (χ4v) is 2.67. The molecule has 2 unspecified atom stereocenters. The molecule has 21 heavy (non-hydrogen) atoms. The van der Waals surface area contributed by atoms with Crippen LogP contribution in [-0.2, 0) is 6.42 Å². The molecule has 5 nitrogen and oxygen atoms in total. The first-order chi connectivity index (χ1) is 10.3. The van der Waals surface area contributed by atoms with Gasteiger partial charge in [-0.3, -0.25) is 0 Å². The van der Waals surface area contributed by atoms with Crippen molar-refractivity contribution in [2.75, 3.05) is 11.9 Å². The van der Waals surface area contributed by atoms with Gasteiger partial charge in [0.05, 0.1) is 12.6 Å². The maximum absolute atomic E-state index is 6.26. The summed E-state index contributed by atoms with van der Waals surface area (Å²) < 4.78 is 5.53. The van der Waals surface area contributed by atoms with E-state index in [9.17, 15) is 0 Å². The normalized spacial score (nSPS) is 20.1. The van der Waals surface area contributed by atoms with E-state index in [1.165, 1.54) is 17.5 Å². The molecule has 3 rings (SSSR count). The topological polar surface area (TPSA) is 73.1 Å². The smallest absolute Gasteiger partial charge is 0.218 e. The number of anilines is 1. The van der Waals surface area contributed by atoms with Gasteiger partial charge in [-0.15, -0.1) is 0 Å². The van der Waals surface area contributed by atoms with Gasteiger partial charge in [-0.25, -0.2) is 9.97 Å². The molecule has 5 heteroatoms. The number of rotatable bonds is 5. The van der Waals surface area contributed by atoms with Crippen molar-refractivity contribution in [1.29, 1.82) is 0 Å². The summed E-state index contributed by atoms with van der Waals surface area (Å²) in [6.07, 6.45) is 3.35. The van der Waals surface area contributed by atoms with E-state index in [-0.39, 0.29) is 12.1 Å². The molecular weight excluding hydrogens is 264 g/mol. The third kappa shape index (κ3) is 2.97. The van der Waals surface area contributed by atoms with Gasteiger partial charge in [0, 0.05) is 12.1 Å². The molecule has 0 aliphatic heterocycles. The highest BCUT2D eigenvalue weighted by Crippen LogP contribution is 2.32. The molecule has 0 fully saturated rings. The van der Waals surface area contributed by atoms with E-state index in [0.29, 0.717) is 12.5 Å². The third-order valence-corrected chi connectivity index (χ3v) is 3.67. The Balaban J connectivity index is 1.77. The summed E-state index contributed by atoms with van der Waals surface area (Å²) >= 11 is 0. The second-order valence-corrected chi connectivity index (χ2v) is 5.28. The van der Waals surface area contributed by atoms with E-state index < -0.39 is 0 Å². The predicted octanol–water partition coefficient (Wildman–Crippen LogP) is 2.30. The number of nitrogens with zero attached hydrogens (tertiary/aromatic N) is 2. The van der Waals surface area contributed by atoms with Crippen LogP contribution >= 0.6 is 0 Å². The van der Waals surface area contributed by atoms with Crippen LogP contribution in [0.5, 0.6) is 5.88 Å². The third-order valence-electron chi connectivity index (χ3n) is 3.67. The summed E-state index contributed by atoms with van der Waals surface area (Å²) in [4.78, 5) is 8.37. The minimum atomic E-state index is 0.0531. The van der Waals surface area contributed by atoms with E-state index in [1.54, 1.807) is 0 Å². The average molecular weight is 284 g/mol. The Morgan fingerprint density at radius 1 is 1.33 bits per heavy atom. The summed E-state index contributed by atoms with van der Waals surface area (Å²) in [5.74, 6) is 1.34. The lowest BCUT2D eigenvalue weighted by atomic mass is 10.1. The molecule has 0 saturated heterocycles. The van der Waals surface area contributed by atoms with Crippen LogP contribution in [0.1, 0.15) is 30.5 Å². The molecule has 0 spiro atoms. The molecule has 0 saturated carbocycles. The van der Waals surface area contributed by atoms with Gasteiger partial charge < -0.3 is 15.8 Å². The molecule has 2 aromatic rings. The molecule has 2 atom stereocenters. The van der Waals surface area contributed by atoms with Crippen LogP contribution in [0, 0.1) is 0 Å². The number of aromatic nitrogens is 2. The van der Waals surface area contributed by atoms with Crippen molar-refractivity contribution in [3.8, 4) is 5.88 Å². The quantitative estimate of drug-likeness (QED) is 0.881.